The van der Waals surface area contributed by atoms with Gasteiger partial charge in [0.2, 0.25) is 0 Å². The second-order valence-corrected chi connectivity index (χ2v) is 7.17. The third kappa shape index (κ3) is 3.42. The predicted octanol–water partition coefficient (Wildman–Crippen LogP) is 4.63. The van der Waals surface area contributed by atoms with E-state index >= 15 is 0 Å². The molecule has 116 valence electrons. The van der Waals surface area contributed by atoms with E-state index in [2.05, 4.69) is 31.2 Å². The van der Waals surface area contributed by atoms with Crippen LogP contribution in [0.15, 0.2) is 24.3 Å². The second-order valence-electron chi connectivity index (χ2n) is 7.17. The Morgan fingerprint density at radius 3 is 2.71 bits per heavy atom. The van der Waals surface area contributed by atoms with Crippen LogP contribution in [0.2, 0.25) is 0 Å². The molecule has 1 saturated carbocycles. The van der Waals surface area contributed by atoms with Crippen molar-refractivity contribution in [1.29, 1.82) is 0 Å². The van der Waals surface area contributed by atoms with Gasteiger partial charge in [0, 0.05) is 5.54 Å². The van der Waals surface area contributed by atoms with Gasteiger partial charge in [0.15, 0.2) is 0 Å². The summed E-state index contributed by atoms with van der Waals surface area (Å²) in [5.74, 6) is 2.59. The summed E-state index contributed by atoms with van der Waals surface area (Å²) in [6.07, 6.45) is 10.0. The lowest BCUT2D eigenvalue weighted by molar-refractivity contribution is 0.184. The van der Waals surface area contributed by atoms with Crippen LogP contribution < -0.4 is 10.5 Å². The zero-order valence-corrected chi connectivity index (χ0v) is 13.3. The van der Waals surface area contributed by atoms with E-state index in [-0.39, 0.29) is 5.54 Å². The van der Waals surface area contributed by atoms with Gasteiger partial charge in [-0.3, -0.25) is 0 Å². The van der Waals surface area contributed by atoms with Crippen molar-refractivity contribution in [3.8, 4) is 5.75 Å². The minimum absolute atomic E-state index is 0.0549. The van der Waals surface area contributed by atoms with Crippen LogP contribution in [0.1, 0.15) is 69.8 Å². The molecule has 2 nitrogen and oxygen atoms in total. The molecule has 3 rings (SSSR count). The molecule has 2 heteroatoms. The van der Waals surface area contributed by atoms with E-state index in [0.717, 1.165) is 31.1 Å². The number of fused-ring (bicyclic) bond motifs is 1. The molecule has 0 saturated heterocycles. The highest BCUT2D eigenvalue weighted by Gasteiger charge is 2.35. The molecule has 1 aromatic rings. The molecule has 1 aromatic carbocycles. The molecular formula is C19H29NO. The third-order valence-corrected chi connectivity index (χ3v) is 5.53. The van der Waals surface area contributed by atoms with Crippen LogP contribution in [0.25, 0.3) is 0 Å². The van der Waals surface area contributed by atoms with Crippen molar-refractivity contribution in [2.45, 2.75) is 69.7 Å². The number of rotatable bonds is 4. The van der Waals surface area contributed by atoms with Gasteiger partial charge in [0.25, 0.3) is 0 Å². The Morgan fingerprint density at radius 2 is 1.95 bits per heavy atom. The maximum atomic E-state index is 6.76. The summed E-state index contributed by atoms with van der Waals surface area (Å²) < 4.78 is 5.78. The number of ether oxygens (including phenoxy) is 1. The topological polar surface area (TPSA) is 35.2 Å². The first-order valence-electron chi connectivity index (χ1n) is 8.71. The van der Waals surface area contributed by atoms with Crippen LogP contribution >= 0.6 is 0 Å². The van der Waals surface area contributed by atoms with E-state index < -0.39 is 0 Å². The summed E-state index contributed by atoms with van der Waals surface area (Å²) >= 11 is 0. The maximum Gasteiger partial charge on any atom is 0.122 e. The van der Waals surface area contributed by atoms with Gasteiger partial charge >= 0.3 is 0 Å². The normalized spacial score (nSPS) is 32.3. The number of para-hydroxylation sites is 1. The summed E-state index contributed by atoms with van der Waals surface area (Å²) in [7, 11) is 0. The van der Waals surface area contributed by atoms with E-state index in [9.17, 15) is 0 Å². The Bertz CT molecular complexity index is 462. The smallest absolute Gasteiger partial charge is 0.122 e. The van der Waals surface area contributed by atoms with E-state index in [1.54, 1.807) is 0 Å². The van der Waals surface area contributed by atoms with Gasteiger partial charge in [-0.2, -0.15) is 0 Å². The Morgan fingerprint density at radius 1 is 1.19 bits per heavy atom. The predicted molar refractivity (Wildman–Crippen MR) is 87.7 cm³/mol. The molecule has 2 aliphatic rings. The fourth-order valence-corrected chi connectivity index (χ4v) is 4.27. The summed E-state index contributed by atoms with van der Waals surface area (Å²) in [6, 6.07) is 8.52. The minimum atomic E-state index is 0.0549. The SMILES string of the molecule is CCCC1CCC(N)(CC2CCOc3ccccc32)CC1. The standard InChI is InChI=1S/C19H29NO/c1-2-5-15-8-11-19(20,12-9-15)14-16-10-13-21-18-7-4-3-6-17(16)18/h3-4,6-7,15-16H,2,5,8-14,20H2,1H3. The summed E-state index contributed by atoms with van der Waals surface area (Å²) in [6.45, 7) is 3.14. The zero-order valence-electron chi connectivity index (χ0n) is 13.3. The van der Waals surface area contributed by atoms with Crippen molar-refractivity contribution in [3.05, 3.63) is 29.8 Å². The number of hydrogen-bond donors (Lipinski definition) is 1. The van der Waals surface area contributed by atoms with E-state index in [1.807, 2.05) is 0 Å². The number of benzene rings is 1. The highest BCUT2D eigenvalue weighted by molar-refractivity contribution is 5.38. The molecule has 1 fully saturated rings. The first-order valence-corrected chi connectivity index (χ1v) is 8.71. The average Bonchev–Trinajstić information content (AvgIpc) is 2.50. The molecule has 1 heterocycles. The molecule has 0 aromatic heterocycles. The largest absolute Gasteiger partial charge is 0.493 e. The van der Waals surface area contributed by atoms with Crippen LogP contribution in [0.5, 0.6) is 5.75 Å². The highest BCUT2D eigenvalue weighted by Crippen LogP contribution is 2.43. The molecule has 21 heavy (non-hydrogen) atoms. The molecular weight excluding hydrogens is 258 g/mol. The van der Waals surface area contributed by atoms with Gasteiger partial charge in [-0.05, 0) is 62.0 Å². The second kappa shape index (κ2) is 6.39. The Hall–Kier alpha value is -1.02. The molecule has 2 N–H and O–H groups in total. The Kier molecular flexibility index (Phi) is 4.54. The Labute approximate surface area is 129 Å². The fraction of sp³-hybridized carbons (Fsp3) is 0.684. The van der Waals surface area contributed by atoms with Crippen LogP contribution in [0.3, 0.4) is 0 Å². The molecule has 1 aliphatic carbocycles. The molecule has 1 atom stereocenters. The van der Waals surface area contributed by atoms with Crippen molar-refractivity contribution in [3.63, 3.8) is 0 Å². The van der Waals surface area contributed by atoms with E-state index in [0.29, 0.717) is 5.92 Å². The van der Waals surface area contributed by atoms with Crippen molar-refractivity contribution in [1.82, 2.24) is 0 Å². The van der Waals surface area contributed by atoms with Crippen molar-refractivity contribution < 1.29 is 4.74 Å². The first kappa shape index (κ1) is 14.9. The highest BCUT2D eigenvalue weighted by atomic mass is 16.5. The zero-order chi connectivity index (χ0) is 14.7. The third-order valence-electron chi connectivity index (χ3n) is 5.53. The molecule has 0 amide bonds. The van der Waals surface area contributed by atoms with E-state index in [4.69, 9.17) is 10.5 Å². The average molecular weight is 287 g/mol. The lowest BCUT2D eigenvalue weighted by atomic mass is 9.70. The van der Waals surface area contributed by atoms with Crippen LogP contribution in [0, 0.1) is 5.92 Å². The Balaban J connectivity index is 1.65. The minimum Gasteiger partial charge on any atom is -0.493 e. The van der Waals surface area contributed by atoms with Gasteiger partial charge < -0.3 is 10.5 Å². The number of hydrogen-bond acceptors (Lipinski definition) is 2. The molecule has 0 bridgehead atoms. The molecule has 0 spiro atoms. The van der Waals surface area contributed by atoms with E-state index in [1.165, 1.54) is 44.1 Å². The lowest BCUT2D eigenvalue weighted by Gasteiger charge is -2.40. The van der Waals surface area contributed by atoms with Gasteiger partial charge in [-0.1, -0.05) is 38.0 Å². The fourth-order valence-electron chi connectivity index (χ4n) is 4.27. The monoisotopic (exact) mass is 287 g/mol. The molecule has 1 aliphatic heterocycles. The van der Waals surface area contributed by atoms with Gasteiger partial charge in [0.05, 0.1) is 6.61 Å². The van der Waals surface area contributed by atoms with Crippen molar-refractivity contribution >= 4 is 0 Å². The van der Waals surface area contributed by atoms with Crippen molar-refractivity contribution in [2.24, 2.45) is 11.7 Å². The quantitative estimate of drug-likeness (QED) is 0.876. The van der Waals surface area contributed by atoms with Gasteiger partial charge in [0.1, 0.15) is 5.75 Å². The van der Waals surface area contributed by atoms with Gasteiger partial charge in [-0.15, -0.1) is 0 Å². The molecule has 0 radical (unpaired) electrons. The van der Waals surface area contributed by atoms with Crippen molar-refractivity contribution in [2.75, 3.05) is 6.61 Å². The van der Waals surface area contributed by atoms with Crippen LogP contribution in [-0.2, 0) is 0 Å². The summed E-state index contributed by atoms with van der Waals surface area (Å²) in [5, 5.41) is 0. The van der Waals surface area contributed by atoms with Gasteiger partial charge in [-0.25, -0.2) is 0 Å². The van der Waals surface area contributed by atoms with Crippen LogP contribution in [-0.4, -0.2) is 12.1 Å². The van der Waals surface area contributed by atoms with Crippen LogP contribution in [0.4, 0.5) is 0 Å². The number of nitrogens with two attached hydrogens (primary N) is 1. The molecule has 1 unspecified atom stereocenters. The summed E-state index contributed by atoms with van der Waals surface area (Å²) in [5.41, 5.74) is 8.20. The lowest BCUT2D eigenvalue weighted by Crippen LogP contribution is -2.45. The summed E-state index contributed by atoms with van der Waals surface area (Å²) in [4.78, 5) is 0. The maximum absolute atomic E-state index is 6.76. The first-order chi connectivity index (χ1) is 10.2.